The molecule has 0 atom stereocenters. The van der Waals surface area contributed by atoms with Gasteiger partial charge in [-0.15, -0.1) is 0 Å². The predicted molar refractivity (Wildman–Crippen MR) is 59.7 cm³/mol. The summed E-state index contributed by atoms with van der Waals surface area (Å²) in [7, 11) is 0. The molecule has 0 heterocycles. The van der Waals surface area contributed by atoms with Gasteiger partial charge in [0.25, 0.3) is 5.69 Å². The summed E-state index contributed by atoms with van der Waals surface area (Å²) in [5, 5.41) is 13.4. The molecule has 1 aromatic carbocycles. The molecule has 0 fully saturated rings. The minimum atomic E-state index is -4.53. The Morgan fingerprint density at radius 2 is 1.95 bits per heavy atom. The number of alkyl halides is 3. The van der Waals surface area contributed by atoms with Crippen molar-refractivity contribution >= 4 is 11.5 Å². The summed E-state index contributed by atoms with van der Waals surface area (Å²) in [6.45, 7) is -1.50. The van der Waals surface area contributed by atoms with Crippen molar-refractivity contribution in [1.29, 1.82) is 0 Å². The maximum Gasteiger partial charge on any atom is 0.407 e. The molecular formula is C9H6F3N5O2. The molecule has 1 aromatic rings. The number of halogens is 3. The topological polar surface area (TPSA) is 104 Å². The number of aliphatic imine (C=N–C) groups is 1. The average Bonchev–Trinajstić information content (AvgIpc) is 2.33. The minimum absolute atomic E-state index is 0.0626. The second-order valence-electron chi connectivity index (χ2n) is 3.25. The van der Waals surface area contributed by atoms with E-state index in [-0.39, 0.29) is 11.3 Å². The standard InChI is InChI=1S/C9H6F3N5O2/c10-9(11,12)5-14-8(15-16-13)6-1-3-7(4-2-6)17(18)19/h1-4H,5H2. The molecule has 0 aliphatic carbocycles. The quantitative estimate of drug-likeness (QED) is 0.160. The molecule has 0 amide bonds. The van der Waals surface area contributed by atoms with Crippen LogP contribution in [0.15, 0.2) is 34.4 Å². The van der Waals surface area contributed by atoms with Crippen LogP contribution in [0.5, 0.6) is 0 Å². The molecule has 0 unspecified atom stereocenters. The van der Waals surface area contributed by atoms with Crippen LogP contribution in [0, 0.1) is 10.1 Å². The van der Waals surface area contributed by atoms with E-state index in [1.165, 1.54) is 0 Å². The Kier molecular flexibility index (Phi) is 4.43. The maximum absolute atomic E-state index is 12.0. The van der Waals surface area contributed by atoms with E-state index in [1.54, 1.807) is 0 Å². The van der Waals surface area contributed by atoms with Crippen LogP contribution >= 0.6 is 0 Å². The highest BCUT2D eigenvalue weighted by Crippen LogP contribution is 2.17. The molecule has 0 bridgehead atoms. The van der Waals surface area contributed by atoms with Crippen molar-refractivity contribution in [3.63, 3.8) is 0 Å². The van der Waals surface area contributed by atoms with Crippen LogP contribution in [-0.2, 0) is 0 Å². The molecule has 0 N–H and O–H groups in total. The average molecular weight is 273 g/mol. The molecule has 1 rings (SSSR count). The third-order valence-corrected chi connectivity index (χ3v) is 1.88. The monoisotopic (exact) mass is 273 g/mol. The van der Waals surface area contributed by atoms with Crippen molar-refractivity contribution < 1.29 is 18.1 Å². The zero-order chi connectivity index (χ0) is 14.5. The van der Waals surface area contributed by atoms with E-state index in [0.717, 1.165) is 24.3 Å². The van der Waals surface area contributed by atoms with Crippen molar-refractivity contribution in [3.05, 3.63) is 50.4 Å². The zero-order valence-electron chi connectivity index (χ0n) is 9.20. The van der Waals surface area contributed by atoms with E-state index in [0.29, 0.717) is 0 Å². The summed E-state index contributed by atoms with van der Waals surface area (Å²) in [5.74, 6) is -0.477. The third-order valence-electron chi connectivity index (χ3n) is 1.88. The Morgan fingerprint density at radius 1 is 1.37 bits per heavy atom. The number of hydrogen-bond donors (Lipinski definition) is 0. The highest BCUT2D eigenvalue weighted by molar-refractivity contribution is 5.99. The van der Waals surface area contributed by atoms with E-state index in [9.17, 15) is 23.3 Å². The Morgan fingerprint density at radius 3 is 2.37 bits per heavy atom. The Bertz CT molecular complexity index is 546. The number of nitrogens with zero attached hydrogens (tertiary/aromatic N) is 5. The Balaban J connectivity index is 3.06. The second kappa shape index (κ2) is 5.83. The molecule has 10 heteroatoms. The van der Waals surface area contributed by atoms with Crippen molar-refractivity contribution in [2.24, 2.45) is 10.1 Å². The lowest BCUT2D eigenvalue weighted by atomic mass is 10.2. The minimum Gasteiger partial charge on any atom is -0.273 e. The van der Waals surface area contributed by atoms with Gasteiger partial charge in [0.05, 0.1) is 4.92 Å². The zero-order valence-corrected chi connectivity index (χ0v) is 9.20. The lowest BCUT2D eigenvalue weighted by molar-refractivity contribution is -0.384. The normalized spacial score (nSPS) is 11.8. The first-order chi connectivity index (χ1) is 8.83. The fourth-order valence-corrected chi connectivity index (χ4v) is 1.12. The SMILES string of the molecule is [N-]=[N+]=NC(=NCC(F)(F)F)c1ccc([N+](=O)[O-])cc1. The van der Waals surface area contributed by atoms with Crippen molar-refractivity contribution in [2.75, 3.05) is 6.54 Å². The smallest absolute Gasteiger partial charge is 0.273 e. The van der Waals surface area contributed by atoms with Gasteiger partial charge in [0.15, 0.2) is 0 Å². The van der Waals surface area contributed by atoms with E-state index in [4.69, 9.17) is 5.53 Å². The van der Waals surface area contributed by atoms with Gasteiger partial charge in [-0.3, -0.25) is 15.1 Å². The highest BCUT2D eigenvalue weighted by atomic mass is 19.4. The highest BCUT2D eigenvalue weighted by Gasteiger charge is 2.26. The number of nitro benzene ring substituents is 1. The first-order valence-electron chi connectivity index (χ1n) is 4.74. The van der Waals surface area contributed by atoms with Crippen molar-refractivity contribution in [2.45, 2.75) is 6.18 Å². The number of nitro groups is 1. The first kappa shape index (κ1) is 14.5. The van der Waals surface area contributed by atoms with Crippen LogP contribution in [0.4, 0.5) is 18.9 Å². The number of azide groups is 1. The van der Waals surface area contributed by atoms with Gasteiger partial charge < -0.3 is 0 Å². The molecule has 7 nitrogen and oxygen atoms in total. The summed E-state index contributed by atoms with van der Waals surface area (Å²) >= 11 is 0. The number of amidine groups is 1. The van der Waals surface area contributed by atoms with E-state index in [2.05, 4.69) is 15.0 Å². The van der Waals surface area contributed by atoms with Crippen LogP contribution in [-0.4, -0.2) is 23.5 Å². The summed E-state index contributed by atoms with van der Waals surface area (Å²) < 4.78 is 36.0. The van der Waals surface area contributed by atoms with E-state index < -0.39 is 23.5 Å². The second-order valence-corrected chi connectivity index (χ2v) is 3.25. The maximum atomic E-state index is 12.0. The predicted octanol–water partition coefficient (Wildman–Crippen LogP) is 3.21. The number of hydrogen-bond acceptors (Lipinski definition) is 3. The van der Waals surface area contributed by atoms with E-state index in [1.807, 2.05) is 0 Å². The van der Waals surface area contributed by atoms with E-state index >= 15 is 0 Å². The molecule has 0 saturated carbocycles. The molecule has 0 saturated heterocycles. The molecule has 19 heavy (non-hydrogen) atoms. The lowest BCUT2D eigenvalue weighted by Gasteiger charge is -2.04. The fraction of sp³-hybridized carbons (Fsp3) is 0.222. The van der Waals surface area contributed by atoms with Gasteiger partial charge in [0.1, 0.15) is 12.4 Å². The first-order valence-corrected chi connectivity index (χ1v) is 4.74. The molecule has 0 aromatic heterocycles. The number of non-ortho nitro benzene ring substituents is 1. The van der Waals surface area contributed by atoms with Gasteiger partial charge in [0.2, 0.25) is 0 Å². The summed E-state index contributed by atoms with van der Waals surface area (Å²) in [6, 6.07) is 4.46. The fourth-order valence-electron chi connectivity index (χ4n) is 1.12. The number of benzene rings is 1. The molecule has 100 valence electrons. The van der Waals surface area contributed by atoms with Gasteiger partial charge in [-0.25, -0.2) is 0 Å². The summed E-state index contributed by atoms with van der Waals surface area (Å²) in [5.41, 5.74) is 8.08. The summed E-state index contributed by atoms with van der Waals surface area (Å²) in [4.78, 5) is 15.2. The molecule has 0 radical (unpaired) electrons. The lowest BCUT2D eigenvalue weighted by Crippen LogP contribution is -2.13. The molecule has 0 aliphatic heterocycles. The molecule has 0 aliphatic rings. The van der Waals surface area contributed by atoms with Gasteiger partial charge in [-0.1, -0.05) is 0 Å². The van der Waals surface area contributed by atoms with Crippen LogP contribution in [0.1, 0.15) is 5.56 Å². The van der Waals surface area contributed by atoms with Gasteiger partial charge >= 0.3 is 6.18 Å². The Hall–Kier alpha value is -2.61. The van der Waals surface area contributed by atoms with Crippen molar-refractivity contribution in [1.82, 2.24) is 0 Å². The van der Waals surface area contributed by atoms with Crippen LogP contribution < -0.4 is 0 Å². The van der Waals surface area contributed by atoms with Gasteiger partial charge in [-0.05, 0) is 22.8 Å². The van der Waals surface area contributed by atoms with Gasteiger partial charge in [0, 0.05) is 22.6 Å². The Labute approximate surface area is 104 Å². The van der Waals surface area contributed by atoms with Crippen molar-refractivity contribution in [3.8, 4) is 0 Å². The van der Waals surface area contributed by atoms with Crippen LogP contribution in [0.25, 0.3) is 10.4 Å². The largest absolute Gasteiger partial charge is 0.407 e. The molecule has 0 spiro atoms. The number of rotatable bonds is 3. The summed E-state index contributed by atoms with van der Waals surface area (Å²) in [6.07, 6.45) is -4.53. The molecular weight excluding hydrogens is 267 g/mol. The van der Waals surface area contributed by atoms with Crippen LogP contribution in [0.2, 0.25) is 0 Å². The van der Waals surface area contributed by atoms with Crippen LogP contribution in [0.3, 0.4) is 0 Å². The van der Waals surface area contributed by atoms with Gasteiger partial charge in [-0.2, -0.15) is 13.2 Å². The third kappa shape index (κ3) is 4.64.